The molecule has 0 spiro atoms. The van der Waals surface area contributed by atoms with E-state index in [1.165, 1.54) is 12.1 Å². The molecule has 2 aromatic carbocycles. The van der Waals surface area contributed by atoms with Gasteiger partial charge in [-0.05, 0) is 62.1 Å². The van der Waals surface area contributed by atoms with Gasteiger partial charge in [-0.15, -0.1) is 0 Å². The zero-order valence-corrected chi connectivity index (χ0v) is 20.9. The molecule has 0 bridgehead atoms. The van der Waals surface area contributed by atoms with Crippen LogP contribution in [0.4, 0.5) is 26.2 Å². The van der Waals surface area contributed by atoms with Gasteiger partial charge in [-0.2, -0.15) is 8.78 Å². The predicted molar refractivity (Wildman–Crippen MR) is 140 cm³/mol. The maximum Gasteiger partial charge on any atom is 0.387 e. The van der Waals surface area contributed by atoms with Crippen molar-refractivity contribution in [1.29, 1.82) is 0 Å². The van der Waals surface area contributed by atoms with Crippen molar-refractivity contribution in [1.82, 2.24) is 10.3 Å². The van der Waals surface area contributed by atoms with Crippen LogP contribution in [0.25, 0.3) is 11.3 Å². The number of ether oxygens (including phenoxy) is 1. The Hall–Kier alpha value is -3.73. The van der Waals surface area contributed by atoms with Crippen LogP contribution in [0.2, 0.25) is 0 Å². The van der Waals surface area contributed by atoms with Crippen LogP contribution in [-0.4, -0.2) is 47.7 Å². The van der Waals surface area contributed by atoms with Gasteiger partial charge >= 0.3 is 6.61 Å². The number of nitrogens with one attached hydrogen (secondary N) is 2. The highest BCUT2D eigenvalue weighted by atomic mass is 19.3. The number of aromatic nitrogens is 1. The van der Waals surface area contributed by atoms with Crippen molar-refractivity contribution in [3.63, 3.8) is 0 Å². The number of nitro groups is 1. The fourth-order valence-electron chi connectivity index (χ4n) is 5.37. The molecule has 5 rings (SSSR count). The highest BCUT2D eigenvalue weighted by molar-refractivity contribution is 5.58. The number of piperidine rings is 1. The molecule has 9 nitrogen and oxygen atoms in total. The smallest absolute Gasteiger partial charge is 0.387 e. The molecule has 202 valence electrons. The van der Waals surface area contributed by atoms with Crippen molar-refractivity contribution in [3.8, 4) is 17.1 Å². The minimum absolute atomic E-state index is 0.0904. The fourth-order valence-corrected chi connectivity index (χ4v) is 5.37. The number of anilines is 2. The summed E-state index contributed by atoms with van der Waals surface area (Å²) in [6, 6.07) is 14.2. The van der Waals surface area contributed by atoms with E-state index in [1.54, 1.807) is 30.5 Å². The molecular formula is C27H31F2N5O4. The van der Waals surface area contributed by atoms with Crippen LogP contribution in [0.15, 0.2) is 59.1 Å². The molecule has 0 amide bonds. The summed E-state index contributed by atoms with van der Waals surface area (Å²) in [6.07, 6.45) is 8.05. The highest BCUT2D eigenvalue weighted by Crippen LogP contribution is 2.29. The first-order chi connectivity index (χ1) is 18.4. The number of non-ortho nitro benzene ring substituents is 1. The van der Waals surface area contributed by atoms with E-state index in [1.807, 2.05) is 12.1 Å². The van der Waals surface area contributed by atoms with Gasteiger partial charge in [-0.3, -0.25) is 10.1 Å². The summed E-state index contributed by atoms with van der Waals surface area (Å²) in [6.45, 7) is -1.09. The van der Waals surface area contributed by atoms with Gasteiger partial charge in [0.1, 0.15) is 5.75 Å². The van der Waals surface area contributed by atoms with Gasteiger partial charge in [-0.25, -0.2) is 4.98 Å². The normalized spacial score (nSPS) is 21.9. The molecule has 1 aliphatic heterocycles. The van der Waals surface area contributed by atoms with Crippen molar-refractivity contribution in [3.05, 3.63) is 64.8 Å². The summed E-state index contributed by atoms with van der Waals surface area (Å²) in [5.41, 5.74) is 1.82. The number of nitrogens with zero attached hydrogens (tertiary/aromatic N) is 3. The van der Waals surface area contributed by atoms with Crippen molar-refractivity contribution in [2.24, 2.45) is 0 Å². The van der Waals surface area contributed by atoms with Gasteiger partial charge in [0.2, 0.25) is 0 Å². The number of rotatable bonds is 9. The lowest BCUT2D eigenvalue weighted by atomic mass is 9.89. The second kappa shape index (κ2) is 11.8. The van der Waals surface area contributed by atoms with Crippen molar-refractivity contribution < 1.29 is 22.9 Å². The van der Waals surface area contributed by atoms with Gasteiger partial charge < -0.3 is 24.7 Å². The Morgan fingerprint density at radius 3 is 2.47 bits per heavy atom. The van der Waals surface area contributed by atoms with Crippen molar-refractivity contribution in [2.75, 3.05) is 23.3 Å². The Morgan fingerprint density at radius 1 is 1.03 bits per heavy atom. The maximum atomic E-state index is 12.4. The first-order valence-electron chi connectivity index (χ1n) is 13.0. The van der Waals surface area contributed by atoms with Crippen molar-refractivity contribution in [2.45, 2.75) is 63.3 Å². The van der Waals surface area contributed by atoms with Crippen LogP contribution in [0.3, 0.4) is 0 Å². The third kappa shape index (κ3) is 6.39. The van der Waals surface area contributed by atoms with Crippen LogP contribution in [-0.2, 0) is 0 Å². The molecular weight excluding hydrogens is 496 g/mol. The molecule has 2 heterocycles. The van der Waals surface area contributed by atoms with Crippen LogP contribution in [0.5, 0.6) is 5.75 Å². The molecule has 1 saturated heterocycles. The molecule has 0 radical (unpaired) electrons. The summed E-state index contributed by atoms with van der Waals surface area (Å²) in [4.78, 5) is 17.3. The van der Waals surface area contributed by atoms with E-state index in [9.17, 15) is 18.9 Å². The monoisotopic (exact) mass is 527 g/mol. The first kappa shape index (κ1) is 25.9. The van der Waals surface area contributed by atoms with Gasteiger partial charge in [0, 0.05) is 54.6 Å². The second-order valence-electron chi connectivity index (χ2n) is 9.80. The third-order valence-electron chi connectivity index (χ3n) is 7.24. The van der Waals surface area contributed by atoms with E-state index in [4.69, 9.17) is 4.42 Å². The molecule has 1 aliphatic carbocycles. The van der Waals surface area contributed by atoms with Crippen LogP contribution >= 0.6 is 0 Å². The zero-order valence-electron chi connectivity index (χ0n) is 20.9. The number of hydrogen-bond acceptors (Lipinski definition) is 8. The van der Waals surface area contributed by atoms with E-state index in [0.29, 0.717) is 17.8 Å². The summed E-state index contributed by atoms with van der Waals surface area (Å²) >= 11 is 0. The van der Waals surface area contributed by atoms with E-state index in [2.05, 4.69) is 25.3 Å². The number of benzene rings is 2. The molecule has 38 heavy (non-hydrogen) atoms. The summed E-state index contributed by atoms with van der Waals surface area (Å²) < 4.78 is 35.1. The lowest BCUT2D eigenvalue weighted by molar-refractivity contribution is -0.384. The Labute approximate surface area is 219 Å². The largest absolute Gasteiger partial charge is 0.435 e. The molecule has 3 aromatic rings. The summed E-state index contributed by atoms with van der Waals surface area (Å²) in [7, 11) is 0. The van der Waals surface area contributed by atoms with Gasteiger partial charge in [-0.1, -0.05) is 12.8 Å². The van der Waals surface area contributed by atoms with E-state index in [0.717, 1.165) is 62.9 Å². The van der Waals surface area contributed by atoms with Gasteiger partial charge in [0.15, 0.2) is 5.76 Å². The molecule has 2 N–H and O–H groups in total. The second-order valence-corrected chi connectivity index (χ2v) is 9.80. The Bertz CT molecular complexity index is 1200. The standard InChI is InChI=1S/C27H31F2N5O4/c28-26(29)37-22-13-7-18(8-14-22)25-16-30-27(38-25)32-24-6-2-1-5-23(24)31-19-4-3-15-33(17-19)20-9-11-21(12-10-20)34(35)36/h7-14,16,19,23-24,26,31H,1-6,15,17H2,(H,30,32)/t19-,23?,24?/m0/s1. The molecule has 11 heteroatoms. The Balaban J connectivity index is 1.19. The zero-order chi connectivity index (χ0) is 26.5. The van der Waals surface area contributed by atoms with Crippen molar-refractivity contribution >= 4 is 17.4 Å². The van der Waals surface area contributed by atoms with E-state index in [-0.39, 0.29) is 28.4 Å². The molecule has 2 unspecified atom stereocenters. The van der Waals surface area contributed by atoms with Crippen LogP contribution in [0, 0.1) is 10.1 Å². The molecule has 2 aliphatic rings. The minimum atomic E-state index is -2.86. The van der Waals surface area contributed by atoms with Gasteiger partial charge in [0.25, 0.3) is 11.7 Å². The molecule has 2 fully saturated rings. The number of hydrogen-bond donors (Lipinski definition) is 2. The average molecular weight is 528 g/mol. The lowest BCUT2D eigenvalue weighted by Gasteiger charge is -2.40. The summed E-state index contributed by atoms with van der Waals surface area (Å²) in [5, 5.41) is 18.3. The molecule has 3 atom stereocenters. The maximum absolute atomic E-state index is 12.4. The average Bonchev–Trinajstić information content (AvgIpc) is 3.39. The fraction of sp³-hybridized carbons (Fsp3) is 0.444. The highest BCUT2D eigenvalue weighted by Gasteiger charge is 2.30. The van der Waals surface area contributed by atoms with Gasteiger partial charge in [0.05, 0.1) is 11.1 Å². The summed E-state index contributed by atoms with van der Waals surface area (Å²) in [5.74, 6) is 0.634. The number of nitro benzene ring substituents is 1. The quantitative estimate of drug-likeness (QED) is 0.264. The number of oxazole rings is 1. The Morgan fingerprint density at radius 2 is 1.76 bits per heavy atom. The lowest BCUT2D eigenvalue weighted by Crippen LogP contribution is -2.54. The predicted octanol–water partition coefficient (Wildman–Crippen LogP) is 5.83. The number of alkyl halides is 2. The SMILES string of the molecule is O=[N+]([O-])c1ccc(N2CCC[C@H](NC3CCCCC3Nc3ncc(-c4ccc(OC(F)F)cc4)o3)C2)cc1. The number of halogens is 2. The third-order valence-corrected chi connectivity index (χ3v) is 7.24. The molecule has 1 saturated carbocycles. The molecule has 1 aromatic heterocycles. The Kier molecular flexibility index (Phi) is 8.02. The first-order valence-corrected chi connectivity index (χ1v) is 13.0. The van der Waals surface area contributed by atoms with E-state index < -0.39 is 6.61 Å². The topological polar surface area (TPSA) is 106 Å². The van der Waals surface area contributed by atoms with Crippen LogP contribution < -0.4 is 20.3 Å². The minimum Gasteiger partial charge on any atom is -0.435 e. The van der Waals surface area contributed by atoms with E-state index >= 15 is 0 Å². The van der Waals surface area contributed by atoms with Crippen LogP contribution in [0.1, 0.15) is 38.5 Å².